The Morgan fingerprint density at radius 2 is 1.18 bits per heavy atom. The number of benzene rings is 9. The Kier molecular flexibility index (Phi) is 11.7. The van der Waals surface area contributed by atoms with E-state index >= 15 is 0 Å². The molecule has 348 valence electrons. The smallest absolute Gasteiger partial charge is 0.0619 e. The lowest BCUT2D eigenvalue weighted by Crippen LogP contribution is -2.14. The van der Waals surface area contributed by atoms with Gasteiger partial charge in [-0.05, 0) is 147 Å². The third-order valence-electron chi connectivity index (χ3n) is 15.7. The highest BCUT2D eigenvalue weighted by Crippen LogP contribution is 2.50. The maximum atomic E-state index is 2.42. The highest BCUT2D eigenvalue weighted by Gasteiger charge is 2.36. The van der Waals surface area contributed by atoms with Crippen molar-refractivity contribution in [2.75, 3.05) is 0 Å². The molecule has 0 amide bonds. The molecule has 3 aliphatic carbocycles. The van der Waals surface area contributed by atoms with E-state index in [0.29, 0.717) is 0 Å². The molecule has 0 aliphatic heterocycles. The van der Waals surface area contributed by atoms with Gasteiger partial charge in [0.25, 0.3) is 0 Å². The minimum atomic E-state index is 0.151. The fourth-order valence-corrected chi connectivity index (χ4v) is 12.1. The topological polar surface area (TPSA) is 4.93 Å². The predicted octanol–water partition coefficient (Wildman–Crippen LogP) is 18.7. The zero-order chi connectivity index (χ0) is 49.0. The van der Waals surface area contributed by atoms with Gasteiger partial charge in [0.05, 0.1) is 11.0 Å². The first-order chi connectivity index (χ1) is 34.5. The number of allylic oxidation sites excluding steroid dienone is 5. The van der Waals surface area contributed by atoms with Crippen molar-refractivity contribution in [3.8, 4) is 27.9 Å². The largest absolute Gasteiger partial charge is 0.309 e. The number of hydrogen-bond donors (Lipinski definition) is 0. The van der Waals surface area contributed by atoms with Gasteiger partial charge >= 0.3 is 0 Å². The van der Waals surface area contributed by atoms with Crippen LogP contribution in [0.5, 0.6) is 0 Å². The number of rotatable bonds is 5. The summed E-state index contributed by atoms with van der Waals surface area (Å²) in [6.07, 6.45) is 11.1. The number of fused-ring (bicyclic) bond motifs is 12. The Labute approximate surface area is 421 Å². The van der Waals surface area contributed by atoms with Crippen LogP contribution in [-0.4, -0.2) is 4.57 Å². The second kappa shape index (κ2) is 18.2. The molecule has 10 aromatic rings. The molecule has 0 saturated heterocycles. The van der Waals surface area contributed by atoms with Crippen molar-refractivity contribution in [3.05, 3.63) is 267 Å². The number of nitrogens with zero attached hydrogens (tertiary/aromatic N) is 1. The number of hydrogen-bond acceptors (Lipinski definition) is 0. The number of aromatic nitrogens is 1. The Bertz CT molecular complexity index is 3780. The summed E-state index contributed by atoms with van der Waals surface area (Å²) in [5.74, 6) is 0. The monoisotopic (exact) mass is 917 g/mol. The highest BCUT2D eigenvalue weighted by atomic mass is 15.0. The van der Waals surface area contributed by atoms with E-state index in [4.69, 9.17) is 0 Å². The molecule has 13 rings (SSSR count). The summed E-state index contributed by atoms with van der Waals surface area (Å²) in [6, 6.07) is 68.6. The van der Waals surface area contributed by atoms with Crippen LogP contribution in [0.3, 0.4) is 0 Å². The van der Waals surface area contributed by atoms with Crippen LogP contribution in [0.15, 0.2) is 212 Å². The van der Waals surface area contributed by atoms with Gasteiger partial charge in [0.15, 0.2) is 0 Å². The summed E-state index contributed by atoms with van der Waals surface area (Å²) in [4.78, 5) is 0. The average Bonchev–Trinajstić information content (AvgIpc) is 4.07. The fourth-order valence-electron chi connectivity index (χ4n) is 12.1. The maximum absolute atomic E-state index is 2.42. The van der Waals surface area contributed by atoms with E-state index in [1.54, 1.807) is 0 Å². The first-order valence-electron chi connectivity index (χ1n) is 25.6. The number of aryl methyl sites for hydroxylation is 3. The predicted molar refractivity (Wildman–Crippen MR) is 306 cm³/mol. The summed E-state index contributed by atoms with van der Waals surface area (Å²) in [5, 5.41) is 5.12. The van der Waals surface area contributed by atoms with Gasteiger partial charge in [0.2, 0.25) is 0 Å². The standard InChI is InChI=1S/C38H31N.2C16H16/c1-3-11-29-25-30-14-10-13-27(4-2)37(30)32(29)21-18-26-19-23-36-35(24-26)34-22-20-28-12-8-9-17-33(28)38(34)39(36)31-15-6-5-7-16-31;1-11-7-6-10-14-15(11)12-8-4-5-9-13(12)16(14,2)3;1-11-8-9-13-12-6-4-5-7-14(12)16(2,3)15(13)10-11/h3,5-24H,4,25H2,1-2H3;2*4-10H,1-3H3/b11-3-,21-18?;;. The summed E-state index contributed by atoms with van der Waals surface area (Å²) >= 11 is 0. The Hall–Kier alpha value is -7.74. The zero-order valence-corrected chi connectivity index (χ0v) is 42.6. The molecule has 1 heteroatoms. The highest BCUT2D eigenvalue weighted by molar-refractivity contribution is 6.19. The Morgan fingerprint density at radius 1 is 0.507 bits per heavy atom. The molecule has 3 aliphatic rings. The van der Waals surface area contributed by atoms with Gasteiger partial charge in [-0.3, -0.25) is 0 Å². The van der Waals surface area contributed by atoms with Gasteiger partial charge in [-0.25, -0.2) is 0 Å². The SMILES string of the molecule is C/C=C\C1=C(C=Cc2ccc3c(c2)c2ccc4ccccc4c2n3-c2ccccc2)c2c(CC)cccc2C1.Cc1ccc2c(c1)C(C)(C)c1ccccc1-2.Cc1cccc2c1-c1ccccc1C2(C)C. The molecule has 0 radical (unpaired) electrons. The third-order valence-corrected chi connectivity index (χ3v) is 15.7. The lowest BCUT2D eigenvalue weighted by atomic mass is 9.82. The minimum Gasteiger partial charge on any atom is -0.309 e. The van der Waals surface area contributed by atoms with Crippen LogP contribution in [-0.2, 0) is 23.7 Å². The van der Waals surface area contributed by atoms with E-state index in [9.17, 15) is 0 Å². The summed E-state index contributed by atoms with van der Waals surface area (Å²) in [5.41, 5.74) is 26.5. The van der Waals surface area contributed by atoms with Crippen LogP contribution < -0.4 is 0 Å². The molecule has 9 aromatic carbocycles. The van der Waals surface area contributed by atoms with Crippen molar-refractivity contribution >= 4 is 44.2 Å². The van der Waals surface area contributed by atoms with Crippen molar-refractivity contribution in [2.45, 2.75) is 79.1 Å². The average molecular weight is 918 g/mol. The summed E-state index contributed by atoms with van der Waals surface area (Å²) in [6.45, 7) is 18.0. The molecule has 0 N–H and O–H groups in total. The summed E-state index contributed by atoms with van der Waals surface area (Å²) in [7, 11) is 0. The molecule has 0 fully saturated rings. The van der Waals surface area contributed by atoms with E-state index in [1.807, 2.05) is 0 Å². The molecular formula is C70H63N. The molecule has 71 heavy (non-hydrogen) atoms. The van der Waals surface area contributed by atoms with E-state index in [1.165, 1.54) is 127 Å². The lowest BCUT2D eigenvalue weighted by molar-refractivity contribution is 0.659. The molecule has 0 saturated carbocycles. The number of para-hydroxylation sites is 1. The molecule has 0 bridgehead atoms. The van der Waals surface area contributed by atoms with E-state index in [0.717, 1.165) is 12.8 Å². The van der Waals surface area contributed by atoms with E-state index in [-0.39, 0.29) is 10.8 Å². The molecule has 1 heterocycles. The van der Waals surface area contributed by atoms with Crippen molar-refractivity contribution < 1.29 is 0 Å². The van der Waals surface area contributed by atoms with Crippen molar-refractivity contribution in [1.82, 2.24) is 4.57 Å². The van der Waals surface area contributed by atoms with E-state index < -0.39 is 0 Å². The quantitative estimate of drug-likeness (QED) is 0.162. The minimum absolute atomic E-state index is 0.151. The molecule has 0 spiro atoms. The maximum Gasteiger partial charge on any atom is 0.0619 e. The van der Waals surface area contributed by atoms with Gasteiger partial charge in [-0.2, -0.15) is 0 Å². The lowest BCUT2D eigenvalue weighted by Gasteiger charge is -2.21. The first-order valence-corrected chi connectivity index (χ1v) is 25.6. The molecule has 0 unspecified atom stereocenters. The van der Waals surface area contributed by atoms with Gasteiger partial charge in [0, 0.05) is 32.7 Å². The Balaban J connectivity index is 0.000000139. The van der Waals surface area contributed by atoms with Crippen LogP contribution >= 0.6 is 0 Å². The van der Waals surface area contributed by atoms with E-state index in [2.05, 4.69) is 272 Å². The molecule has 0 atom stereocenters. The van der Waals surface area contributed by atoms with Crippen LogP contribution in [0.1, 0.15) is 97.2 Å². The van der Waals surface area contributed by atoms with Crippen LogP contribution in [0.4, 0.5) is 0 Å². The van der Waals surface area contributed by atoms with Gasteiger partial charge in [0.1, 0.15) is 0 Å². The van der Waals surface area contributed by atoms with Gasteiger partial charge in [-0.15, -0.1) is 0 Å². The Morgan fingerprint density at radius 3 is 1.97 bits per heavy atom. The van der Waals surface area contributed by atoms with Crippen LogP contribution in [0.25, 0.3) is 72.2 Å². The van der Waals surface area contributed by atoms with Crippen molar-refractivity contribution in [1.29, 1.82) is 0 Å². The second-order valence-electron chi connectivity index (χ2n) is 20.8. The third kappa shape index (κ3) is 7.80. The van der Waals surface area contributed by atoms with Gasteiger partial charge in [-0.1, -0.05) is 228 Å². The normalized spacial score (nSPS) is 14.5. The molecular weight excluding hydrogens is 855 g/mol. The fraction of sp³-hybridized carbons (Fsp3) is 0.171. The van der Waals surface area contributed by atoms with Crippen molar-refractivity contribution in [2.24, 2.45) is 0 Å². The summed E-state index contributed by atoms with van der Waals surface area (Å²) < 4.78 is 2.42. The van der Waals surface area contributed by atoms with Crippen LogP contribution in [0.2, 0.25) is 0 Å². The van der Waals surface area contributed by atoms with Crippen molar-refractivity contribution in [3.63, 3.8) is 0 Å². The second-order valence-corrected chi connectivity index (χ2v) is 20.8. The molecule has 1 nitrogen and oxygen atoms in total. The van der Waals surface area contributed by atoms with Gasteiger partial charge < -0.3 is 4.57 Å². The first kappa shape index (κ1) is 45.7. The zero-order valence-electron chi connectivity index (χ0n) is 42.6. The van der Waals surface area contributed by atoms with Crippen LogP contribution in [0, 0.1) is 13.8 Å². The molecule has 1 aromatic heterocycles.